The van der Waals surface area contributed by atoms with Gasteiger partial charge in [-0.25, -0.2) is 4.99 Å². The second kappa shape index (κ2) is 7.65. The lowest BCUT2D eigenvalue weighted by molar-refractivity contribution is 0.958. The number of allylic oxidation sites excluding steroid dienone is 1. The molecule has 21 heavy (non-hydrogen) atoms. The van der Waals surface area contributed by atoms with Gasteiger partial charge in [-0.2, -0.15) is 0 Å². The predicted molar refractivity (Wildman–Crippen MR) is 91.5 cm³/mol. The molecule has 108 valence electrons. The van der Waals surface area contributed by atoms with Gasteiger partial charge in [-0.05, 0) is 12.5 Å². The van der Waals surface area contributed by atoms with Gasteiger partial charge in [-0.3, -0.25) is 0 Å². The van der Waals surface area contributed by atoms with Crippen LogP contribution < -0.4 is 5.73 Å². The summed E-state index contributed by atoms with van der Waals surface area (Å²) < 4.78 is 0. The molecule has 2 aromatic rings. The average molecular weight is 299 g/mol. The zero-order chi connectivity index (χ0) is 15.1. The summed E-state index contributed by atoms with van der Waals surface area (Å²) in [6.07, 6.45) is 4.07. The van der Waals surface area contributed by atoms with Crippen molar-refractivity contribution in [2.24, 2.45) is 10.7 Å². The molecule has 0 atom stereocenters. The van der Waals surface area contributed by atoms with E-state index in [2.05, 4.69) is 18.0 Å². The molecule has 0 aliphatic heterocycles. The van der Waals surface area contributed by atoms with E-state index in [1.165, 1.54) is 0 Å². The van der Waals surface area contributed by atoms with E-state index in [-0.39, 0.29) is 0 Å². The van der Waals surface area contributed by atoms with E-state index in [9.17, 15) is 0 Å². The Hall–Kier alpha value is -2.06. The van der Waals surface area contributed by atoms with Crippen molar-refractivity contribution in [3.05, 3.63) is 76.8 Å². The van der Waals surface area contributed by atoms with Crippen LogP contribution in [0.2, 0.25) is 5.02 Å². The molecule has 0 spiro atoms. The smallest absolute Gasteiger partial charge is 0.131 e. The summed E-state index contributed by atoms with van der Waals surface area (Å²) in [5, 5.41) is 0.685. The topological polar surface area (TPSA) is 38.4 Å². The standard InChI is InChI=1S/C18H19ClN2/c1-2-3-13-17(15-11-7-8-12-16(15)19)21-18(20)14-9-5-4-6-10-14/h4-13H,2-3H2,1H3,(H2,20,21)/b17-13+. The van der Waals surface area contributed by atoms with Crippen LogP contribution in [0.4, 0.5) is 0 Å². The van der Waals surface area contributed by atoms with Crippen LogP contribution in [0.3, 0.4) is 0 Å². The van der Waals surface area contributed by atoms with Crippen LogP contribution in [-0.4, -0.2) is 5.84 Å². The van der Waals surface area contributed by atoms with Crippen LogP contribution in [-0.2, 0) is 0 Å². The van der Waals surface area contributed by atoms with Crippen molar-refractivity contribution in [3.8, 4) is 0 Å². The van der Waals surface area contributed by atoms with Crippen LogP contribution in [0.5, 0.6) is 0 Å². The molecule has 0 heterocycles. The lowest BCUT2D eigenvalue weighted by atomic mass is 10.1. The highest BCUT2D eigenvalue weighted by molar-refractivity contribution is 6.32. The molecule has 2 N–H and O–H groups in total. The molecule has 0 bridgehead atoms. The van der Waals surface area contributed by atoms with E-state index < -0.39 is 0 Å². The minimum Gasteiger partial charge on any atom is -0.383 e. The van der Waals surface area contributed by atoms with Gasteiger partial charge in [0.05, 0.1) is 5.70 Å². The SMILES string of the molecule is CCC/C=C(/N=C(N)c1ccccc1)c1ccccc1Cl. The second-order valence-corrected chi connectivity index (χ2v) is 5.13. The monoisotopic (exact) mass is 298 g/mol. The molecular formula is C18H19ClN2. The fourth-order valence-electron chi connectivity index (χ4n) is 1.97. The van der Waals surface area contributed by atoms with Gasteiger partial charge in [-0.1, -0.05) is 79.6 Å². The molecule has 0 unspecified atom stereocenters. The molecule has 0 aliphatic carbocycles. The van der Waals surface area contributed by atoms with Crippen LogP contribution in [0.15, 0.2) is 65.7 Å². The Labute approximate surface area is 131 Å². The summed E-state index contributed by atoms with van der Waals surface area (Å²) in [6.45, 7) is 2.13. The predicted octanol–water partition coefficient (Wildman–Crippen LogP) is 4.89. The van der Waals surface area contributed by atoms with Crippen molar-refractivity contribution >= 4 is 23.1 Å². The molecule has 0 radical (unpaired) electrons. The largest absolute Gasteiger partial charge is 0.383 e. The summed E-state index contributed by atoms with van der Waals surface area (Å²) >= 11 is 6.28. The highest BCUT2D eigenvalue weighted by atomic mass is 35.5. The highest BCUT2D eigenvalue weighted by Gasteiger charge is 2.06. The molecule has 0 aromatic heterocycles. The Morgan fingerprint density at radius 2 is 1.76 bits per heavy atom. The maximum absolute atomic E-state index is 6.28. The average Bonchev–Trinajstić information content (AvgIpc) is 2.53. The van der Waals surface area contributed by atoms with Gasteiger partial charge >= 0.3 is 0 Å². The molecule has 0 aliphatic rings. The number of nitrogens with zero attached hydrogens (tertiary/aromatic N) is 1. The first kappa shape index (κ1) is 15.3. The Balaban J connectivity index is 2.41. The Bertz CT molecular complexity index is 645. The first-order chi connectivity index (χ1) is 10.2. The number of nitrogens with two attached hydrogens (primary N) is 1. The van der Waals surface area contributed by atoms with Gasteiger partial charge in [0, 0.05) is 16.1 Å². The minimum atomic E-state index is 0.498. The maximum Gasteiger partial charge on any atom is 0.131 e. The number of hydrogen-bond donors (Lipinski definition) is 1. The molecule has 2 aromatic carbocycles. The van der Waals surface area contributed by atoms with E-state index in [1.807, 2.05) is 54.6 Å². The van der Waals surface area contributed by atoms with Gasteiger partial charge in [0.25, 0.3) is 0 Å². The van der Waals surface area contributed by atoms with Gasteiger partial charge < -0.3 is 5.73 Å². The number of benzene rings is 2. The number of amidine groups is 1. The zero-order valence-corrected chi connectivity index (χ0v) is 12.8. The van der Waals surface area contributed by atoms with Crippen molar-refractivity contribution in [2.75, 3.05) is 0 Å². The fraction of sp³-hybridized carbons (Fsp3) is 0.167. The van der Waals surface area contributed by atoms with E-state index in [4.69, 9.17) is 17.3 Å². The van der Waals surface area contributed by atoms with E-state index >= 15 is 0 Å². The van der Waals surface area contributed by atoms with Gasteiger partial charge in [0.15, 0.2) is 0 Å². The number of rotatable bonds is 5. The van der Waals surface area contributed by atoms with Gasteiger partial charge in [0.2, 0.25) is 0 Å². The number of aliphatic imine (C=N–C) groups is 1. The van der Waals surface area contributed by atoms with Gasteiger partial charge in [-0.15, -0.1) is 0 Å². The lowest BCUT2D eigenvalue weighted by Gasteiger charge is -2.07. The third-order valence-corrected chi connectivity index (χ3v) is 3.42. The van der Waals surface area contributed by atoms with Gasteiger partial charge in [0.1, 0.15) is 5.84 Å². The van der Waals surface area contributed by atoms with E-state index in [1.54, 1.807) is 0 Å². The molecule has 2 nitrogen and oxygen atoms in total. The quantitative estimate of drug-likeness (QED) is 0.619. The van der Waals surface area contributed by atoms with Crippen LogP contribution in [0.25, 0.3) is 5.70 Å². The Kier molecular flexibility index (Phi) is 5.59. The summed E-state index contributed by atoms with van der Waals surface area (Å²) in [4.78, 5) is 4.59. The van der Waals surface area contributed by atoms with E-state index in [0.29, 0.717) is 10.9 Å². The fourth-order valence-corrected chi connectivity index (χ4v) is 2.20. The maximum atomic E-state index is 6.28. The number of unbranched alkanes of at least 4 members (excludes halogenated alkanes) is 1. The molecule has 0 fully saturated rings. The third-order valence-electron chi connectivity index (χ3n) is 3.09. The molecular weight excluding hydrogens is 280 g/mol. The summed E-state index contributed by atoms with van der Waals surface area (Å²) in [5.41, 5.74) is 8.76. The highest BCUT2D eigenvalue weighted by Crippen LogP contribution is 2.25. The molecule has 0 saturated carbocycles. The normalized spacial score (nSPS) is 12.5. The Morgan fingerprint density at radius 3 is 2.43 bits per heavy atom. The lowest BCUT2D eigenvalue weighted by Crippen LogP contribution is -2.13. The molecule has 0 amide bonds. The minimum absolute atomic E-state index is 0.498. The summed E-state index contributed by atoms with van der Waals surface area (Å²) in [6, 6.07) is 17.4. The Morgan fingerprint density at radius 1 is 1.10 bits per heavy atom. The van der Waals surface area contributed by atoms with Crippen molar-refractivity contribution in [1.82, 2.24) is 0 Å². The summed E-state index contributed by atoms with van der Waals surface area (Å²) in [7, 11) is 0. The second-order valence-electron chi connectivity index (χ2n) is 4.72. The van der Waals surface area contributed by atoms with Crippen LogP contribution >= 0.6 is 11.6 Å². The van der Waals surface area contributed by atoms with Crippen molar-refractivity contribution in [3.63, 3.8) is 0 Å². The van der Waals surface area contributed by atoms with Crippen LogP contribution in [0, 0.1) is 0 Å². The first-order valence-electron chi connectivity index (χ1n) is 7.07. The van der Waals surface area contributed by atoms with Crippen LogP contribution in [0.1, 0.15) is 30.9 Å². The molecule has 2 rings (SSSR count). The van der Waals surface area contributed by atoms with Crippen molar-refractivity contribution in [2.45, 2.75) is 19.8 Å². The number of halogens is 1. The third kappa shape index (κ3) is 4.20. The zero-order valence-electron chi connectivity index (χ0n) is 12.1. The molecule has 3 heteroatoms. The first-order valence-corrected chi connectivity index (χ1v) is 7.44. The van der Waals surface area contributed by atoms with Crippen molar-refractivity contribution < 1.29 is 0 Å². The molecule has 0 saturated heterocycles. The summed E-state index contributed by atoms with van der Waals surface area (Å²) in [5.74, 6) is 0.498. The number of hydrogen-bond acceptors (Lipinski definition) is 1. The van der Waals surface area contributed by atoms with E-state index in [0.717, 1.165) is 29.7 Å². The van der Waals surface area contributed by atoms with Crippen molar-refractivity contribution in [1.29, 1.82) is 0 Å².